The SMILES string of the molecule is O=C(C[C@H](NS(=O)(=O)c1cccc(C(F)(F)F)c1)C(F)(F)F)N[C@@H]1CCOc2cc(CN3CCC[C@@H](O)C3)ccc21. The number of hydrogen-bond acceptors (Lipinski definition) is 6. The average Bonchev–Trinajstić information content (AvgIpc) is 2.87. The zero-order chi connectivity index (χ0) is 30.0. The number of likely N-dealkylation sites (tertiary alicyclic amines) is 1. The molecule has 8 nitrogen and oxygen atoms in total. The number of aliphatic hydroxyl groups is 1. The second-order valence-corrected chi connectivity index (χ2v) is 11.8. The van der Waals surface area contributed by atoms with Crippen LogP contribution >= 0.6 is 0 Å². The highest BCUT2D eigenvalue weighted by atomic mass is 32.2. The van der Waals surface area contributed by atoms with Gasteiger partial charge in [0.05, 0.1) is 35.6 Å². The minimum atomic E-state index is -5.21. The van der Waals surface area contributed by atoms with Gasteiger partial charge in [-0.15, -0.1) is 0 Å². The molecule has 1 amide bonds. The molecule has 2 aromatic carbocycles. The van der Waals surface area contributed by atoms with Gasteiger partial charge in [-0.3, -0.25) is 9.69 Å². The fourth-order valence-electron chi connectivity index (χ4n) is 4.87. The molecule has 41 heavy (non-hydrogen) atoms. The van der Waals surface area contributed by atoms with E-state index in [2.05, 4.69) is 10.2 Å². The molecular formula is C26H29F6N3O5S. The second kappa shape index (κ2) is 12.2. The van der Waals surface area contributed by atoms with E-state index < -0.39 is 63.4 Å². The number of amides is 1. The van der Waals surface area contributed by atoms with Gasteiger partial charge in [-0.05, 0) is 49.2 Å². The molecule has 0 radical (unpaired) electrons. The van der Waals surface area contributed by atoms with Gasteiger partial charge in [-0.1, -0.05) is 18.2 Å². The van der Waals surface area contributed by atoms with Gasteiger partial charge in [-0.2, -0.15) is 31.1 Å². The van der Waals surface area contributed by atoms with Gasteiger partial charge in [0.25, 0.3) is 0 Å². The fourth-order valence-corrected chi connectivity index (χ4v) is 6.14. The van der Waals surface area contributed by atoms with E-state index in [0.717, 1.165) is 37.1 Å². The molecule has 0 unspecified atom stereocenters. The van der Waals surface area contributed by atoms with Gasteiger partial charge in [-0.25, -0.2) is 8.42 Å². The van der Waals surface area contributed by atoms with E-state index in [4.69, 9.17) is 4.74 Å². The number of sulfonamides is 1. The zero-order valence-electron chi connectivity index (χ0n) is 21.6. The molecule has 0 aliphatic carbocycles. The maximum atomic E-state index is 13.7. The van der Waals surface area contributed by atoms with Crippen LogP contribution in [-0.2, 0) is 27.5 Å². The number of aliphatic hydroxyl groups excluding tert-OH is 1. The lowest BCUT2D eigenvalue weighted by Crippen LogP contribution is -2.48. The summed E-state index contributed by atoms with van der Waals surface area (Å²) in [5.74, 6) is -0.655. The Hall–Kier alpha value is -2.88. The fraction of sp³-hybridized carbons (Fsp3) is 0.500. The highest BCUT2D eigenvalue weighted by Gasteiger charge is 2.44. The van der Waals surface area contributed by atoms with Gasteiger partial charge >= 0.3 is 12.4 Å². The molecule has 2 aliphatic heterocycles. The van der Waals surface area contributed by atoms with Crippen molar-refractivity contribution in [2.45, 2.75) is 67.7 Å². The first-order valence-corrected chi connectivity index (χ1v) is 14.3. The summed E-state index contributed by atoms with van der Waals surface area (Å²) in [6.07, 6.45) is -9.99. The molecule has 2 heterocycles. The highest BCUT2D eigenvalue weighted by Crippen LogP contribution is 2.34. The topological polar surface area (TPSA) is 108 Å². The van der Waals surface area contributed by atoms with Crippen LogP contribution in [0.5, 0.6) is 5.75 Å². The minimum absolute atomic E-state index is 0.175. The third-order valence-corrected chi connectivity index (χ3v) is 8.36. The number of halogens is 6. The molecule has 3 atom stereocenters. The highest BCUT2D eigenvalue weighted by molar-refractivity contribution is 7.89. The maximum absolute atomic E-state index is 13.7. The molecule has 226 valence electrons. The van der Waals surface area contributed by atoms with Gasteiger partial charge < -0.3 is 15.2 Å². The van der Waals surface area contributed by atoms with Crippen molar-refractivity contribution in [2.75, 3.05) is 19.7 Å². The number of β-amino-alcohol motifs (C(OH)–C–C–N with tert-alkyl or cyclic N) is 1. The number of alkyl halides is 6. The first-order chi connectivity index (χ1) is 19.1. The predicted molar refractivity (Wildman–Crippen MR) is 134 cm³/mol. The van der Waals surface area contributed by atoms with Crippen molar-refractivity contribution in [3.63, 3.8) is 0 Å². The Morgan fingerprint density at radius 2 is 1.85 bits per heavy atom. The zero-order valence-corrected chi connectivity index (χ0v) is 22.5. The van der Waals surface area contributed by atoms with E-state index >= 15 is 0 Å². The smallest absolute Gasteiger partial charge is 0.416 e. The van der Waals surface area contributed by atoms with E-state index in [1.165, 1.54) is 4.72 Å². The summed E-state index contributed by atoms with van der Waals surface area (Å²) in [6.45, 7) is 2.10. The quantitative estimate of drug-likeness (QED) is 0.392. The number of ether oxygens (including phenoxy) is 1. The summed E-state index contributed by atoms with van der Waals surface area (Å²) in [4.78, 5) is 13.8. The summed E-state index contributed by atoms with van der Waals surface area (Å²) in [5, 5.41) is 12.4. The lowest BCUT2D eigenvalue weighted by molar-refractivity contribution is -0.158. The van der Waals surface area contributed by atoms with Crippen LogP contribution in [0.1, 0.15) is 48.4 Å². The van der Waals surface area contributed by atoms with Crippen LogP contribution < -0.4 is 14.8 Å². The van der Waals surface area contributed by atoms with Crippen LogP contribution in [0.4, 0.5) is 26.3 Å². The number of carbonyl (C=O) groups excluding carboxylic acids is 1. The van der Waals surface area contributed by atoms with Gasteiger partial charge in [0.15, 0.2) is 0 Å². The lowest BCUT2D eigenvalue weighted by Gasteiger charge is -2.31. The molecule has 2 aliphatic rings. The first-order valence-electron chi connectivity index (χ1n) is 12.8. The molecule has 0 saturated carbocycles. The van der Waals surface area contributed by atoms with E-state index in [0.29, 0.717) is 30.5 Å². The molecule has 0 bridgehead atoms. The monoisotopic (exact) mass is 609 g/mol. The molecule has 0 aromatic heterocycles. The lowest BCUT2D eigenvalue weighted by atomic mass is 9.98. The summed E-state index contributed by atoms with van der Waals surface area (Å²) in [5.41, 5.74) is 0.0858. The number of piperidine rings is 1. The molecule has 4 rings (SSSR count). The third-order valence-electron chi connectivity index (χ3n) is 6.89. The largest absolute Gasteiger partial charge is 0.493 e. The van der Waals surface area contributed by atoms with Crippen LogP contribution in [0, 0.1) is 0 Å². The average molecular weight is 610 g/mol. The first kappa shape index (κ1) is 31.1. The Balaban J connectivity index is 1.44. The third kappa shape index (κ3) is 8.11. The Morgan fingerprint density at radius 3 is 2.54 bits per heavy atom. The van der Waals surface area contributed by atoms with E-state index in [1.54, 1.807) is 18.2 Å². The number of rotatable bonds is 8. The standard InChI is InChI=1S/C26H29F6N3O5S/c27-25(28,29)17-3-1-5-19(12-17)41(38,39)34-23(26(30,31)32)13-24(37)33-21-8-10-40-22-11-16(6-7-20(21)22)14-35-9-2-4-18(36)15-35/h1,3,5-7,11-12,18,21,23,34,36H,2,4,8-10,13-15H2,(H,33,37)/t18-,21-,23+/m1/s1. The van der Waals surface area contributed by atoms with Gasteiger partial charge in [0.1, 0.15) is 11.8 Å². The molecule has 15 heteroatoms. The van der Waals surface area contributed by atoms with Crippen molar-refractivity contribution in [3.8, 4) is 5.75 Å². The van der Waals surface area contributed by atoms with Gasteiger partial charge in [0, 0.05) is 25.1 Å². The molecular weight excluding hydrogens is 580 g/mol. The summed E-state index contributed by atoms with van der Waals surface area (Å²) >= 11 is 0. The number of fused-ring (bicyclic) bond motifs is 1. The molecule has 0 spiro atoms. The van der Waals surface area contributed by atoms with Crippen LogP contribution in [0.25, 0.3) is 0 Å². The Bertz CT molecular complexity index is 1350. The van der Waals surface area contributed by atoms with E-state index in [9.17, 15) is 44.7 Å². The number of hydrogen-bond donors (Lipinski definition) is 3. The van der Waals surface area contributed by atoms with Crippen molar-refractivity contribution >= 4 is 15.9 Å². The summed E-state index contributed by atoms with van der Waals surface area (Å²) < 4.78 is 112. The van der Waals surface area contributed by atoms with Crippen LogP contribution in [-0.4, -0.2) is 62.3 Å². The molecule has 3 N–H and O–H groups in total. The normalized spacial score (nSPS) is 21.0. The Labute approximate surface area is 232 Å². The number of nitrogens with one attached hydrogen (secondary N) is 2. The van der Waals surface area contributed by atoms with Crippen LogP contribution in [0.2, 0.25) is 0 Å². The number of carbonyl (C=O) groups is 1. The van der Waals surface area contributed by atoms with Crippen molar-refractivity contribution in [3.05, 3.63) is 59.2 Å². The molecule has 2 aromatic rings. The van der Waals surface area contributed by atoms with E-state index in [1.807, 2.05) is 0 Å². The Kier molecular flexibility index (Phi) is 9.21. The van der Waals surface area contributed by atoms with Crippen LogP contribution in [0.15, 0.2) is 47.4 Å². The second-order valence-electron chi connectivity index (χ2n) is 10.1. The summed E-state index contributed by atoms with van der Waals surface area (Å²) in [6, 6.07) is 3.98. The van der Waals surface area contributed by atoms with Crippen LogP contribution in [0.3, 0.4) is 0 Å². The van der Waals surface area contributed by atoms with Crippen molar-refractivity contribution in [1.82, 2.24) is 14.9 Å². The number of nitrogens with zero attached hydrogens (tertiary/aromatic N) is 1. The Morgan fingerprint density at radius 1 is 1.10 bits per heavy atom. The van der Waals surface area contributed by atoms with E-state index in [-0.39, 0.29) is 19.1 Å². The summed E-state index contributed by atoms with van der Waals surface area (Å²) in [7, 11) is -5.06. The maximum Gasteiger partial charge on any atom is 0.416 e. The van der Waals surface area contributed by atoms with Gasteiger partial charge in [0.2, 0.25) is 15.9 Å². The van der Waals surface area contributed by atoms with Crippen molar-refractivity contribution < 1.29 is 49.4 Å². The molecule has 1 saturated heterocycles. The minimum Gasteiger partial charge on any atom is -0.493 e. The van der Waals surface area contributed by atoms with Crippen molar-refractivity contribution in [1.29, 1.82) is 0 Å². The number of benzene rings is 2. The molecule has 1 fully saturated rings. The van der Waals surface area contributed by atoms with Crippen molar-refractivity contribution in [2.24, 2.45) is 0 Å². The predicted octanol–water partition coefficient (Wildman–Crippen LogP) is 3.90.